The number of thioether (sulfide) groups is 1. The van der Waals surface area contributed by atoms with Crippen LogP contribution in [0, 0.1) is 3.57 Å². The molecule has 1 unspecified atom stereocenters. The van der Waals surface area contributed by atoms with Crippen LogP contribution in [0.1, 0.15) is 26.2 Å². The fourth-order valence-corrected chi connectivity index (χ4v) is 4.82. The summed E-state index contributed by atoms with van der Waals surface area (Å²) in [6.07, 6.45) is 3.34. The fraction of sp³-hybridized carbons (Fsp3) is 0.421. The van der Waals surface area contributed by atoms with Crippen LogP contribution in [0.4, 0.5) is 5.13 Å². The number of piperidine rings is 1. The van der Waals surface area contributed by atoms with Gasteiger partial charge >= 0.3 is 0 Å². The van der Waals surface area contributed by atoms with Crippen molar-refractivity contribution < 1.29 is 9.59 Å². The van der Waals surface area contributed by atoms with Crippen LogP contribution in [0.3, 0.4) is 0 Å². The van der Waals surface area contributed by atoms with Crippen molar-refractivity contribution in [2.75, 3.05) is 23.4 Å². The van der Waals surface area contributed by atoms with Crippen LogP contribution >= 0.6 is 45.7 Å². The number of nitrogens with one attached hydrogen (secondary N) is 1. The van der Waals surface area contributed by atoms with Crippen LogP contribution in [0.5, 0.6) is 0 Å². The average molecular weight is 515 g/mol. The lowest BCUT2D eigenvalue weighted by Gasteiger charge is -2.33. The van der Waals surface area contributed by atoms with Gasteiger partial charge in [0.25, 0.3) is 0 Å². The maximum Gasteiger partial charge on any atom is 0.236 e. The van der Waals surface area contributed by atoms with E-state index in [1.165, 1.54) is 33.1 Å². The lowest BCUT2D eigenvalue weighted by atomic mass is 10.0. The molecule has 1 aromatic carbocycles. The highest BCUT2D eigenvalue weighted by atomic mass is 127. The molecule has 1 saturated heterocycles. The van der Waals surface area contributed by atoms with Gasteiger partial charge in [0, 0.05) is 27.1 Å². The molecule has 3 rings (SSSR count). The van der Waals surface area contributed by atoms with Gasteiger partial charge in [-0.1, -0.05) is 12.1 Å². The first kappa shape index (κ1) is 20.6. The van der Waals surface area contributed by atoms with E-state index in [-0.39, 0.29) is 17.6 Å². The number of benzene rings is 1. The summed E-state index contributed by atoms with van der Waals surface area (Å²) in [5, 5.41) is 5.35. The molecule has 1 aromatic heterocycles. The highest BCUT2D eigenvalue weighted by molar-refractivity contribution is 14.1. The second-order valence-electron chi connectivity index (χ2n) is 6.52. The Morgan fingerprint density at radius 3 is 2.81 bits per heavy atom. The van der Waals surface area contributed by atoms with Gasteiger partial charge in [-0.15, -0.1) is 23.1 Å². The van der Waals surface area contributed by atoms with Crippen molar-refractivity contribution in [2.45, 2.75) is 32.2 Å². The number of likely N-dealkylation sites (tertiary alicyclic amines) is 1. The standard InChI is InChI=1S/C19H22IN3O2S2/c1-13-4-2-3-9-23(13)18(25)12-26-11-17(24)22-19-21-16(10-27-19)14-5-7-15(20)8-6-14/h5-8,10,13H,2-4,9,11-12H2,1H3,(H,21,22,24). The topological polar surface area (TPSA) is 62.3 Å². The van der Waals surface area contributed by atoms with Gasteiger partial charge in [-0.05, 0) is 60.9 Å². The molecule has 1 N–H and O–H groups in total. The van der Waals surface area contributed by atoms with Gasteiger partial charge < -0.3 is 10.2 Å². The molecule has 0 radical (unpaired) electrons. The minimum Gasteiger partial charge on any atom is -0.339 e. The fourth-order valence-electron chi connectivity index (χ4n) is 3.02. The Hall–Kier alpha value is -1.13. The summed E-state index contributed by atoms with van der Waals surface area (Å²) < 4.78 is 1.17. The number of rotatable bonds is 6. The molecule has 2 amide bonds. The Balaban J connectivity index is 1.44. The Morgan fingerprint density at radius 1 is 1.30 bits per heavy atom. The first-order valence-corrected chi connectivity index (χ1v) is 12.0. The maximum absolute atomic E-state index is 12.3. The van der Waals surface area contributed by atoms with E-state index in [4.69, 9.17) is 0 Å². The van der Waals surface area contributed by atoms with Crippen molar-refractivity contribution >= 4 is 62.6 Å². The molecule has 8 heteroatoms. The van der Waals surface area contributed by atoms with E-state index in [2.05, 4.69) is 39.8 Å². The molecular formula is C19H22IN3O2S2. The predicted octanol–water partition coefficient (Wildman–Crippen LogP) is 4.49. The lowest BCUT2D eigenvalue weighted by molar-refractivity contribution is -0.131. The molecule has 144 valence electrons. The summed E-state index contributed by atoms with van der Waals surface area (Å²) in [6.45, 7) is 2.94. The number of amides is 2. The van der Waals surface area contributed by atoms with Gasteiger partial charge in [-0.2, -0.15) is 0 Å². The van der Waals surface area contributed by atoms with Crippen LogP contribution in [-0.2, 0) is 9.59 Å². The van der Waals surface area contributed by atoms with Crippen LogP contribution in [0.25, 0.3) is 11.3 Å². The molecule has 0 saturated carbocycles. The van der Waals surface area contributed by atoms with E-state index >= 15 is 0 Å². The quantitative estimate of drug-likeness (QED) is 0.577. The summed E-state index contributed by atoms with van der Waals surface area (Å²) in [5.41, 5.74) is 1.89. The third kappa shape index (κ3) is 5.92. The molecule has 1 atom stereocenters. The number of hydrogen-bond donors (Lipinski definition) is 1. The second kappa shape index (κ2) is 9.88. The van der Waals surface area contributed by atoms with Crippen molar-refractivity contribution in [3.63, 3.8) is 0 Å². The van der Waals surface area contributed by atoms with Crippen LogP contribution < -0.4 is 5.32 Å². The van der Waals surface area contributed by atoms with E-state index < -0.39 is 0 Å². The van der Waals surface area contributed by atoms with Gasteiger partial charge in [-0.25, -0.2) is 4.98 Å². The minimum absolute atomic E-state index is 0.122. The van der Waals surface area contributed by atoms with Crippen LogP contribution in [0.15, 0.2) is 29.6 Å². The molecule has 0 aliphatic carbocycles. The normalized spacial score (nSPS) is 17.0. The number of halogens is 1. The molecule has 1 aliphatic heterocycles. The molecule has 2 aromatic rings. The summed E-state index contributed by atoms with van der Waals surface area (Å²) in [6, 6.07) is 8.42. The molecule has 2 heterocycles. The summed E-state index contributed by atoms with van der Waals surface area (Å²) >= 11 is 5.04. The number of hydrogen-bond acceptors (Lipinski definition) is 5. The number of nitrogens with zero attached hydrogens (tertiary/aromatic N) is 2. The predicted molar refractivity (Wildman–Crippen MR) is 121 cm³/mol. The van der Waals surface area contributed by atoms with E-state index in [1.54, 1.807) is 0 Å². The van der Waals surface area contributed by atoms with Crippen molar-refractivity contribution in [1.29, 1.82) is 0 Å². The lowest BCUT2D eigenvalue weighted by Crippen LogP contribution is -2.43. The van der Waals surface area contributed by atoms with Crippen molar-refractivity contribution in [3.8, 4) is 11.3 Å². The first-order chi connectivity index (χ1) is 13.0. The molecule has 1 aliphatic rings. The van der Waals surface area contributed by atoms with Crippen molar-refractivity contribution in [3.05, 3.63) is 33.2 Å². The van der Waals surface area contributed by atoms with E-state index in [1.807, 2.05) is 34.5 Å². The maximum atomic E-state index is 12.3. The van der Waals surface area contributed by atoms with Gasteiger partial charge in [0.2, 0.25) is 11.8 Å². The molecule has 27 heavy (non-hydrogen) atoms. The first-order valence-electron chi connectivity index (χ1n) is 8.91. The van der Waals surface area contributed by atoms with Gasteiger partial charge in [0.05, 0.1) is 17.2 Å². The van der Waals surface area contributed by atoms with Gasteiger partial charge in [0.15, 0.2) is 5.13 Å². The largest absolute Gasteiger partial charge is 0.339 e. The Bertz CT molecular complexity index is 795. The molecular weight excluding hydrogens is 493 g/mol. The zero-order valence-corrected chi connectivity index (χ0v) is 18.9. The van der Waals surface area contributed by atoms with E-state index in [0.717, 1.165) is 30.6 Å². The molecule has 0 spiro atoms. The van der Waals surface area contributed by atoms with E-state index in [0.29, 0.717) is 16.9 Å². The SMILES string of the molecule is CC1CCCCN1C(=O)CSCC(=O)Nc1nc(-c2ccc(I)cc2)cs1. The van der Waals surface area contributed by atoms with Crippen molar-refractivity contribution in [2.24, 2.45) is 0 Å². The number of anilines is 1. The summed E-state index contributed by atoms with van der Waals surface area (Å²) in [7, 11) is 0. The molecule has 5 nitrogen and oxygen atoms in total. The third-order valence-electron chi connectivity index (χ3n) is 4.47. The average Bonchev–Trinajstić information content (AvgIpc) is 3.11. The minimum atomic E-state index is -0.122. The monoisotopic (exact) mass is 515 g/mol. The smallest absolute Gasteiger partial charge is 0.236 e. The Labute approximate surface area is 181 Å². The highest BCUT2D eigenvalue weighted by Crippen LogP contribution is 2.25. The second-order valence-corrected chi connectivity index (χ2v) is 9.61. The molecule has 0 bridgehead atoms. The number of aromatic nitrogens is 1. The van der Waals surface area contributed by atoms with Gasteiger partial charge in [0.1, 0.15) is 0 Å². The Kier molecular flexibility index (Phi) is 7.54. The number of carbonyl (C=O) groups excluding carboxylic acids is 2. The Morgan fingerprint density at radius 2 is 2.07 bits per heavy atom. The van der Waals surface area contributed by atoms with Gasteiger partial charge in [-0.3, -0.25) is 9.59 Å². The van der Waals surface area contributed by atoms with Crippen LogP contribution in [0.2, 0.25) is 0 Å². The van der Waals surface area contributed by atoms with Crippen LogP contribution in [-0.4, -0.2) is 45.8 Å². The van der Waals surface area contributed by atoms with Crippen molar-refractivity contribution in [1.82, 2.24) is 9.88 Å². The third-order valence-corrected chi connectivity index (χ3v) is 6.87. The zero-order valence-electron chi connectivity index (χ0n) is 15.1. The number of carbonyl (C=O) groups is 2. The zero-order chi connectivity index (χ0) is 19.2. The van der Waals surface area contributed by atoms with E-state index in [9.17, 15) is 9.59 Å². The highest BCUT2D eigenvalue weighted by Gasteiger charge is 2.23. The number of thiazole rings is 1. The summed E-state index contributed by atoms with van der Waals surface area (Å²) in [4.78, 5) is 30.9. The summed E-state index contributed by atoms with van der Waals surface area (Å²) in [5.74, 6) is 0.619. The molecule has 1 fully saturated rings.